The molecule has 0 radical (unpaired) electrons. The van der Waals surface area contributed by atoms with Crippen molar-refractivity contribution in [2.45, 2.75) is 19.0 Å². The highest BCUT2D eigenvalue weighted by molar-refractivity contribution is 5.25. The number of aliphatic hydroxyl groups excluding tert-OH is 1. The molecular weight excluding hydrogens is 298 g/mol. The average Bonchev–Trinajstić information content (AvgIpc) is 2.49. The molecule has 0 aliphatic rings. The zero-order chi connectivity index (χ0) is 16.3. The third-order valence-electron chi connectivity index (χ3n) is 3.39. The normalized spacial score (nSPS) is 13.9. The quantitative estimate of drug-likeness (QED) is 0.653. The molecule has 0 saturated carbocycles. The second-order valence-electron chi connectivity index (χ2n) is 4.98. The number of halogens is 4. The lowest BCUT2D eigenvalue weighted by Gasteiger charge is -2.22. The van der Waals surface area contributed by atoms with Gasteiger partial charge in [0.25, 0.3) is 0 Å². The Morgan fingerprint density at radius 2 is 1.64 bits per heavy atom. The van der Waals surface area contributed by atoms with Crippen molar-refractivity contribution < 1.29 is 22.7 Å². The Balaban J connectivity index is 2.22. The van der Waals surface area contributed by atoms with Crippen LogP contribution in [0.5, 0.6) is 0 Å². The van der Waals surface area contributed by atoms with Gasteiger partial charge in [-0.3, -0.25) is 0 Å². The summed E-state index contributed by atoms with van der Waals surface area (Å²) in [4.78, 5) is 0. The van der Waals surface area contributed by atoms with E-state index >= 15 is 0 Å². The first-order valence-corrected chi connectivity index (χ1v) is 6.69. The summed E-state index contributed by atoms with van der Waals surface area (Å²) in [5.74, 6) is -4.62. The van der Waals surface area contributed by atoms with E-state index < -0.39 is 35.9 Å². The van der Waals surface area contributed by atoms with Crippen LogP contribution in [0.3, 0.4) is 0 Å². The van der Waals surface area contributed by atoms with Crippen LogP contribution in [0.1, 0.15) is 30.1 Å². The first-order valence-electron chi connectivity index (χ1n) is 6.69. The van der Waals surface area contributed by atoms with Crippen LogP contribution in [0.15, 0.2) is 36.4 Å². The molecule has 118 valence electrons. The van der Waals surface area contributed by atoms with Gasteiger partial charge in [0.1, 0.15) is 5.82 Å². The smallest absolute Gasteiger partial charge is 0.194 e. The summed E-state index contributed by atoms with van der Waals surface area (Å²) in [6.45, 7) is 1.26. The number of benzene rings is 2. The Morgan fingerprint density at radius 3 is 2.18 bits per heavy atom. The standard InChI is InChI=1S/C16H15F4NO/c1-9(10-3-2-4-12(17)5-10)21-15(8-22)11-6-13(18)16(20)14(19)7-11/h2-7,9,15,21-22H,8H2,1H3. The van der Waals surface area contributed by atoms with Gasteiger partial charge in [0, 0.05) is 6.04 Å². The zero-order valence-electron chi connectivity index (χ0n) is 11.8. The van der Waals surface area contributed by atoms with Crippen molar-refractivity contribution >= 4 is 0 Å². The lowest BCUT2D eigenvalue weighted by atomic mass is 10.0. The van der Waals surface area contributed by atoms with Gasteiger partial charge in [-0.2, -0.15) is 0 Å². The van der Waals surface area contributed by atoms with Crippen molar-refractivity contribution in [2.75, 3.05) is 6.61 Å². The molecule has 0 aliphatic carbocycles. The van der Waals surface area contributed by atoms with Gasteiger partial charge in [0.2, 0.25) is 0 Å². The molecule has 2 N–H and O–H groups in total. The van der Waals surface area contributed by atoms with Crippen LogP contribution in [0, 0.1) is 23.3 Å². The van der Waals surface area contributed by atoms with E-state index in [-0.39, 0.29) is 11.6 Å². The predicted octanol–water partition coefficient (Wildman–Crippen LogP) is 3.63. The summed E-state index contributed by atoms with van der Waals surface area (Å²) in [6.07, 6.45) is 0. The Morgan fingerprint density at radius 1 is 1.00 bits per heavy atom. The zero-order valence-corrected chi connectivity index (χ0v) is 11.8. The van der Waals surface area contributed by atoms with Crippen molar-refractivity contribution in [1.82, 2.24) is 5.32 Å². The largest absolute Gasteiger partial charge is 0.394 e. The van der Waals surface area contributed by atoms with Gasteiger partial charge in [0.15, 0.2) is 17.5 Å². The molecule has 2 nitrogen and oxygen atoms in total. The van der Waals surface area contributed by atoms with Crippen LogP contribution in [0.25, 0.3) is 0 Å². The molecule has 0 spiro atoms. The van der Waals surface area contributed by atoms with Gasteiger partial charge >= 0.3 is 0 Å². The Bertz CT molecular complexity index is 639. The molecule has 6 heteroatoms. The molecule has 22 heavy (non-hydrogen) atoms. The number of hydrogen-bond acceptors (Lipinski definition) is 2. The van der Waals surface area contributed by atoms with Gasteiger partial charge < -0.3 is 10.4 Å². The fraction of sp³-hybridized carbons (Fsp3) is 0.250. The molecule has 0 saturated heterocycles. The molecule has 0 aromatic heterocycles. The van der Waals surface area contributed by atoms with E-state index in [1.54, 1.807) is 13.0 Å². The third-order valence-corrected chi connectivity index (χ3v) is 3.39. The van der Waals surface area contributed by atoms with Crippen molar-refractivity contribution in [3.8, 4) is 0 Å². The summed E-state index contributed by atoms with van der Waals surface area (Å²) >= 11 is 0. The summed E-state index contributed by atoms with van der Waals surface area (Å²) < 4.78 is 52.7. The summed E-state index contributed by atoms with van der Waals surface area (Å²) in [5.41, 5.74) is 0.684. The maximum Gasteiger partial charge on any atom is 0.194 e. The van der Waals surface area contributed by atoms with Gasteiger partial charge in [-0.15, -0.1) is 0 Å². The monoisotopic (exact) mass is 313 g/mol. The minimum atomic E-state index is -1.56. The minimum Gasteiger partial charge on any atom is -0.394 e. The first kappa shape index (κ1) is 16.5. The topological polar surface area (TPSA) is 32.3 Å². The van der Waals surface area contributed by atoms with Crippen LogP contribution in [0.2, 0.25) is 0 Å². The molecule has 2 aromatic rings. The van der Waals surface area contributed by atoms with E-state index in [1.165, 1.54) is 18.2 Å². The maximum atomic E-state index is 13.3. The van der Waals surface area contributed by atoms with Gasteiger partial charge in [-0.25, -0.2) is 17.6 Å². The average molecular weight is 313 g/mol. The number of rotatable bonds is 5. The number of hydrogen-bond donors (Lipinski definition) is 2. The third kappa shape index (κ3) is 3.64. The van der Waals surface area contributed by atoms with Crippen LogP contribution in [-0.4, -0.2) is 11.7 Å². The molecular formula is C16H15F4NO. The number of aliphatic hydroxyl groups is 1. The molecule has 0 amide bonds. The fourth-order valence-electron chi connectivity index (χ4n) is 2.20. The summed E-state index contributed by atoms with van der Waals surface area (Å²) in [7, 11) is 0. The Labute approximate surface area is 125 Å². The molecule has 2 atom stereocenters. The van der Waals surface area contributed by atoms with Crippen LogP contribution >= 0.6 is 0 Å². The lowest BCUT2D eigenvalue weighted by molar-refractivity contribution is 0.234. The molecule has 0 heterocycles. The van der Waals surface area contributed by atoms with Crippen LogP contribution in [-0.2, 0) is 0 Å². The highest BCUT2D eigenvalue weighted by Crippen LogP contribution is 2.23. The van der Waals surface area contributed by atoms with Gasteiger partial charge in [-0.05, 0) is 42.3 Å². The molecule has 2 unspecified atom stereocenters. The summed E-state index contributed by atoms with van der Waals surface area (Å²) in [6, 6.07) is 6.28. The van der Waals surface area contributed by atoms with E-state index in [9.17, 15) is 22.7 Å². The minimum absolute atomic E-state index is 0.0714. The molecule has 2 aromatic carbocycles. The van der Waals surface area contributed by atoms with Crippen molar-refractivity contribution in [2.24, 2.45) is 0 Å². The highest BCUT2D eigenvalue weighted by atomic mass is 19.2. The van der Waals surface area contributed by atoms with E-state index in [0.29, 0.717) is 5.56 Å². The maximum absolute atomic E-state index is 13.3. The first-order chi connectivity index (χ1) is 10.4. The second-order valence-corrected chi connectivity index (χ2v) is 4.98. The molecule has 0 bridgehead atoms. The van der Waals surface area contributed by atoms with Gasteiger partial charge in [-0.1, -0.05) is 12.1 Å². The molecule has 2 rings (SSSR count). The van der Waals surface area contributed by atoms with E-state index in [1.807, 2.05) is 0 Å². The Hall–Kier alpha value is -1.92. The SMILES string of the molecule is CC(NC(CO)c1cc(F)c(F)c(F)c1)c1cccc(F)c1. The predicted molar refractivity (Wildman–Crippen MR) is 74.1 cm³/mol. The van der Waals surface area contributed by atoms with Crippen molar-refractivity contribution in [3.63, 3.8) is 0 Å². The van der Waals surface area contributed by atoms with Crippen molar-refractivity contribution in [3.05, 3.63) is 70.8 Å². The highest BCUT2D eigenvalue weighted by Gasteiger charge is 2.19. The van der Waals surface area contributed by atoms with Crippen LogP contribution < -0.4 is 5.32 Å². The Kier molecular flexibility index (Phi) is 5.15. The van der Waals surface area contributed by atoms with E-state index in [0.717, 1.165) is 12.1 Å². The lowest BCUT2D eigenvalue weighted by Crippen LogP contribution is -2.27. The van der Waals surface area contributed by atoms with E-state index in [2.05, 4.69) is 5.32 Å². The molecule has 0 fully saturated rings. The molecule has 0 aliphatic heterocycles. The number of nitrogens with one attached hydrogen (secondary N) is 1. The van der Waals surface area contributed by atoms with E-state index in [4.69, 9.17) is 0 Å². The fourth-order valence-corrected chi connectivity index (χ4v) is 2.20. The van der Waals surface area contributed by atoms with Crippen molar-refractivity contribution in [1.29, 1.82) is 0 Å². The van der Waals surface area contributed by atoms with Gasteiger partial charge in [0.05, 0.1) is 12.6 Å². The second kappa shape index (κ2) is 6.89. The summed E-state index contributed by atoms with van der Waals surface area (Å²) in [5, 5.41) is 12.3. The van der Waals surface area contributed by atoms with Crippen LogP contribution in [0.4, 0.5) is 17.6 Å².